The number of aromatic nitrogens is 1. The van der Waals surface area contributed by atoms with Gasteiger partial charge in [-0.15, -0.1) is 0 Å². The Kier molecular flexibility index (Phi) is 4.33. The number of pyridine rings is 1. The summed E-state index contributed by atoms with van der Waals surface area (Å²) in [5, 5.41) is 15.2. The molecule has 0 spiro atoms. The Morgan fingerprint density at radius 2 is 1.96 bits per heavy atom. The third-order valence-corrected chi connectivity index (χ3v) is 4.27. The van der Waals surface area contributed by atoms with Crippen molar-refractivity contribution in [3.05, 3.63) is 83.7 Å². The molecule has 0 aliphatic carbocycles. The third-order valence-electron chi connectivity index (χ3n) is 4.27. The molecule has 1 aliphatic heterocycles. The Morgan fingerprint density at radius 3 is 2.71 bits per heavy atom. The number of rotatable bonds is 3. The first-order chi connectivity index (χ1) is 13.6. The van der Waals surface area contributed by atoms with Crippen molar-refractivity contribution >= 4 is 23.0 Å². The number of halogens is 2. The molecule has 1 atom stereocenters. The number of amides is 1. The molecule has 3 aromatic rings. The molecule has 0 saturated heterocycles. The number of anilines is 3. The molecule has 2 aromatic carbocycles. The van der Waals surface area contributed by atoms with Gasteiger partial charge >= 0.3 is 0 Å². The van der Waals surface area contributed by atoms with E-state index in [0.717, 1.165) is 6.20 Å². The summed E-state index contributed by atoms with van der Waals surface area (Å²) in [4.78, 5) is 18.1. The minimum atomic E-state index is -0.909. The molecule has 8 heteroatoms. The molecule has 0 fully saturated rings. The minimum absolute atomic E-state index is 0.0369. The molecule has 6 nitrogen and oxygen atoms in total. The third kappa shape index (κ3) is 3.10. The highest BCUT2D eigenvalue weighted by Crippen LogP contribution is 2.32. The normalized spacial score (nSPS) is 15.4. The van der Waals surface area contributed by atoms with Gasteiger partial charge in [0.2, 0.25) is 0 Å². The number of carbonyl (C=O) groups excluding carboxylic acids is 1. The number of hydrogen-bond donors (Lipinski definition) is 2. The molecular weight excluding hydrogens is 364 g/mol. The fourth-order valence-electron chi connectivity index (χ4n) is 3.02. The molecule has 0 bridgehead atoms. The first kappa shape index (κ1) is 17.4. The maximum atomic E-state index is 14.5. The lowest BCUT2D eigenvalue weighted by molar-refractivity contribution is 0.0977. The molecule has 2 heterocycles. The van der Waals surface area contributed by atoms with Crippen molar-refractivity contribution in [2.24, 2.45) is 0 Å². The SMILES string of the molecule is N#Cc1ccc2c(c1)C(=O)N(c1ccccc1F)C(Nc1cncc(F)c1)N2. The van der Waals surface area contributed by atoms with Gasteiger partial charge in [-0.1, -0.05) is 12.1 Å². The summed E-state index contributed by atoms with van der Waals surface area (Å²) >= 11 is 0. The summed E-state index contributed by atoms with van der Waals surface area (Å²) in [5.41, 5.74) is 1.36. The molecule has 1 aromatic heterocycles. The average molecular weight is 377 g/mol. The topological polar surface area (TPSA) is 81.1 Å². The first-order valence-corrected chi connectivity index (χ1v) is 8.32. The summed E-state index contributed by atoms with van der Waals surface area (Å²) in [6.07, 6.45) is 1.54. The van der Waals surface area contributed by atoms with Crippen LogP contribution in [-0.2, 0) is 0 Å². The largest absolute Gasteiger partial charge is 0.347 e. The van der Waals surface area contributed by atoms with Gasteiger partial charge in [-0.25, -0.2) is 8.78 Å². The lowest BCUT2D eigenvalue weighted by Gasteiger charge is -2.38. The van der Waals surface area contributed by atoms with E-state index in [1.54, 1.807) is 18.2 Å². The number of hydrogen-bond acceptors (Lipinski definition) is 5. The van der Waals surface area contributed by atoms with E-state index in [4.69, 9.17) is 5.26 Å². The lowest BCUT2D eigenvalue weighted by Crippen LogP contribution is -2.53. The first-order valence-electron chi connectivity index (χ1n) is 8.32. The van der Waals surface area contributed by atoms with Gasteiger partial charge in [0.1, 0.15) is 11.6 Å². The van der Waals surface area contributed by atoms with Gasteiger partial charge in [-0.2, -0.15) is 5.26 Å². The number of carbonyl (C=O) groups is 1. The monoisotopic (exact) mass is 377 g/mol. The van der Waals surface area contributed by atoms with Crippen molar-refractivity contribution < 1.29 is 13.6 Å². The standard InChI is InChI=1S/C20H13F2N5O/c21-13-8-14(11-24-10-13)25-20-26-17-6-5-12(9-23)7-15(17)19(28)27(20)18-4-2-1-3-16(18)22/h1-8,10-11,20,25-26H. The maximum Gasteiger partial charge on any atom is 0.263 e. The molecule has 28 heavy (non-hydrogen) atoms. The van der Waals surface area contributed by atoms with Crippen LogP contribution in [0.3, 0.4) is 0 Å². The summed E-state index contributed by atoms with van der Waals surface area (Å²) in [7, 11) is 0. The maximum absolute atomic E-state index is 14.5. The van der Waals surface area contributed by atoms with E-state index in [1.807, 2.05) is 6.07 Å². The Morgan fingerprint density at radius 1 is 1.14 bits per heavy atom. The van der Waals surface area contributed by atoms with E-state index in [2.05, 4.69) is 15.6 Å². The van der Waals surface area contributed by atoms with Crippen molar-refractivity contribution in [3.63, 3.8) is 0 Å². The second kappa shape index (κ2) is 6.96. The number of nitrogens with zero attached hydrogens (tertiary/aromatic N) is 3. The molecule has 0 radical (unpaired) electrons. The van der Waals surface area contributed by atoms with E-state index in [1.165, 1.54) is 41.4 Å². The van der Waals surface area contributed by atoms with Gasteiger partial charge in [0.15, 0.2) is 6.29 Å². The molecule has 1 amide bonds. The van der Waals surface area contributed by atoms with Gasteiger partial charge in [0.25, 0.3) is 5.91 Å². The number of nitrogens with one attached hydrogen (secondary N) is 2. The van der Waals surface area contributed by atoms with Gasteiger partial charge in [-0.3, -0.25) is 14.7 Å². The number of para-hydroxylation sites is 1. The van der Waals surface area contributed by atoms with Gasteiger partial charge in [-0.05, 0) is 30.3 Å². The molecule has 4 rings (SSSR count). The van der Waals surface area contributed by atoms with E-state index in [0.29, 0.717) is 16.9 Å². The highest BCUT2D eigenvalue weighted by atomic mass is 19.1. The zero-order valence-corrected chi connectivity index (χ0v) is 14.4. The minimum Gasteiger partial charge on any atom is -0.347 e. The molecule has 0 saturated carbocycles. The van der Waals surface area contributed by atoms with Crippen molar-refractivity contribution in [3.8, 4) is 6.07 Å². The van der Waals surface area contributed by atoms with Crippen LogP contribution in [0.4, 0.5) is 25.8 Å². The second-order valence-electron chi connectivity index (χ2n) is 6.08. The van der Waals surface area contributed by atoms with Crippen LogP contribution >= 0.6 is 0 Å². The molecule has 2 N–H and O–H groups in total. The van der Waals surface area contributed by atoms with Crippen molar-refractivity contribution in [1.29, 1.82) is 5.26 Å². The zero-order valence-electron chi connectivity index (χ0n) is 14.4. The van der Waals surface area contributed by atoms with Crippen LogP contribution in [0, 0.1) is 23.0 Å². The zero-order chi connectivity index (χ0) is 19.7. The van der Waals surface area contributed by atoms with Crippen LogP contribution in [0.2, 0.25) is 0 Å². The van der Waals surface area contributed by atoms with Crippen molar-refractivity contribution in [1.82, 2.24) is 4.98 Å². The fourth-order valence-corrected chi connectivity index (χ4v) is 3.02. The van der Waals surface area contributed by atoms with Gasteiger partial charge in [0.05, 0.1) is 46.7 Å². The smallest absolute Gasteiger partial charge is 0.263 e. The summed E-state index contributed by atoms with van der Waals surface area (Å²) in [5.74, 6) is -1.65. The molecular formula is C20H13F2N5O. The number of fused-ring (bicyclic) bond motifs is 1. The summed E-state index contributed by atoms with van der Waals surface area (Å²) < 4.78 is 28.0. The Bertz CT molecular complexity index is 1110. The number of nitriles is 1. The van der Waals surface area contributed by atoms with Crippen molar-refractivity contribution in [2.75, 3.05) is 15.5 Å². The molecule has 1 aliphatic rings. The Labute approximate surface area is 159 Å². The number of benzene rings is 2. The van der Waals surface area contributed by atoms with E-state index in [-0.39, 0.29) is 11.3 Å². The Hall–Kier alpha value is -3.99. The molecule has 1 unspecified atom stereocenters. The predicted molar refractivity (Wildman–Crippen MR) is 99.6 cm³/mol. The quantitative estimate of drug-likeness (QED) is 0.727. The predicted octanol–water partition coefficient (Wildman–Crippen LogP) is 3.70. The molecule has 138 valence electrons. The van der Waals surface area contributed by atoms with E-state index >= 15 is 0 Å². The lowest BCUT2D eigenvalue weighted by atomic mass is 10.0. The van der Waals surface area contributed by atoms with Crippen LogP contribution in [0.15, 0.2) is 60.9 Å². The van der Waals surface area contributed by atoms with Crippen molar-refractivity contribution in [2.45, 2.75) is 6.29 Å². The highest BCUT2D eigenvalue weighted by Gasteiger charge is 2.35. The highest BCUT2D eigenvalue weighted by molar-refractivity contribution is 6.12. The Balaban J connectivity index is 1.81. The van der Waals surface area contributed by atoms with Crippen LogP contribution in [0.1, 0.15) is 15.9 Å². The van der Waals surface area contributed by atoms with E-state index < -0.39 is 23.8 Å². The van der Waals surface area contributed by atoms with Crippen LogP contribution < -0.4 is 15.5 Å². The van der Waals surface area contributed by atoms with Crippen LogP contribution in [0.5, 0.6) is 0 Å². The summed E-state index contributed by atoms with van der Waals surface area (Å²) in [6, 6.07) is 13.6. The van der Waals surface area contributed by atoms with E-state index in [9.17, 15) is 13.6 Å². The fraction of sp³-hybridized carbons (Fsp3) is 0.0500. The van der Waals surface area contributed by atoms with Crippen LogP contribution in [-0.4, -0.2) is 17.2 Å². The van der Waals surface area contributed by atoms with Crippen LogP contribution in [0.25, 0.3) is 0 Å². The average Bonchev–Trinajstić information content (AvgIpc) is 2.69. The van der Waals surface area contributed by atoms with Gasteiger partial charge in [0, 0.05) is 6.07 Å². The van der Waals surface area contributed by atoms with Gasteiger partial charge < -0.3 is 10.6 Å². The second-order valence-corrected chi connectivity index (χ2v) is 6.08. The summed E-state index contributed by atoms with van der Waals surface area (Å²) in [6.45, 7) is 0.